The second-order valence-electron chi connectivity index (χ2n) is 7.19. The molecule has 0 unspecified atom stereocenters. The first-order valence-electron chi connectivity index (χ1n) is 8.32. The van der Waals surface area contributed by atoms with Gasteiger partial charge in [-0.3, -0.25) is 14.9 Å². The summed E-state index contributed by atoms with van der Waals surface area (Å²) in [6, 6.07) is 0.244. The molecule has 6 nitrogen and oxygen atoms in total. The second kappa shape index (κ2) is 7.73. The zero-order chi connectivity index (χ0) is 16.9. The summed E-state index contributed by atoms with van der Waals surface area (Å²) in [4.78, 5) is 22.7. The molecular formula is C17H28N4O2. The van der Waals surface area contributed by atoms with E-state index in [9.17, 15) is 4.79 Å². The fraction of sp³-hybridized carbons (Fsp3) is 0.706. The third-order valence-electron chi connectivity index (χ3n) is 4.04. The molecule has 2 atom stereocenters. The zero-order valence-electron chi connectivity index (χ0n) is 14.6. The highest BCUT2D eigenvalue weighted by atomic mass is 16.6. The van der Waals surface area contributed by atoms with Gasteiger partial charge in [-0.1, -0.05) is 0 Å². The number of likely N-dealkylation sites (tertiary alicyclic amines) is 1. The van der Waals surface area contributed by atoms with Crippen LogP contribution in [-0.2, 0) is 4.74 Å². The third kappa shape index (κ3) is 5.78. The summed E-state index contributed by atoms with van der Waals surface area (Å²) in [6.45, 7) is 10.4. The highest BCUT2D eigenvalue weighted by molar-refractivity contribution is 5.67. The molecule has 0 aromatic carbocycles. The molecule has 1 fully saturated rings. The number of piperidine rings is 1. The molecule has 0 spiro atoms. The topological polar surface area (TPSA) is 67.4 Å². The maximum atomic E-state index is 11.8. The molecule has 1 amide bonds. The lowest BCUT2D eigenvalue weighted by Crippen LogP contribution is -2.43. The van der Waals surface area contributed by atoms with Crippen molar-refractivity contribution in [1.82, 2.24) is 20.2 Å². The van der Waals surface area contributed by atoms with Gasteiger partial charge in [0.15, 0.2) is 0 Å². The molecule has 1 aliphatic rings. The minimum atomic E-state index is -0.455. The van der Waals surface area contributed by atoms with E-state index in [0.717, 1.165) is 31.6 Å². The third-order valence-corrected chi connectivity index (χ3v) is 4.04. The van der Waals surface area contributed by atoms with Gasteiger partial charge in [-0.15, -0.1) is 0 Å². The van der Waals surface area contributed by atoms with Crippen LogP contribution in [0.2, 0.25) is 0 Å². The van der Waals surface area contributed by atoms with Crippen LogP contribution in [0.15, 0.2) is 18.6 Å². The molecule has 2 rings (SSSR count). The molecule has 0 bridgehead atoms. The van der Waals surface area contributed by atoms with E-state index in [1.54, 1.807) is 12.4 Å². The van der Waals surface area contributed by atoms with Crippen LogP contribution in [0.3, 0.4) is 0 Å². The SMILES string of the molecule is C[C@H](c1cnccn1)N1CCC[C@@H](CNC(=O)OC(C)(C)C)C1. The lowest BCUT2D eigenvalue weighted by molar-refractivity contribution is 0.0500. The fourth-order valence-corrected chi connectivity index (χ4v) is 2.87. The standard InChI is InChI=1S/C17H28N4O2/c1-13(15-11-18-7-8-19-15)21-9-5-6-14(12-21)10-20-16(22)23-17(2,3)4/h7-8,11,13-14H,5-6,9-10,12H2,1-4H3,(H,20,22)/t13-,14+/m1/s1. The number of carbonyl (C=O) groups excluding carboxylic acids is 1. The molecule has 1 saturated heterocycles. The zero-order valence-corrected chi connectivity index (χ0v) is 14.6. The van der Waals surface area contributed by atoms with Gasteiger partial charge in [0.05, 0.1) is 11.7 Å². The van der Waals surface area contributed by atoms with Gasteiger partial charge < -0.3 is 10.1 Å². The van der Waals surface area contributed by atoms with Crippen molar-refractivity contribution >= 4 is 6.09 Å². The normalized spacial score (nSPS) is 20.8. The number of ether oxygens (including phenoxy) is 1. The van der Waals surface area contributed by atoms with Gasteiger partial charge in [0.2, 0.25) is 0 Å². The number of aromatic nitrogens is 2. The average Bonchev–Trinajstić information content (AvgIpc) is 2.52. The lowest BCUT2D eigenvalue weighted by Gasteiger charge is -2.36. The number of carbonyl (C=O) groups is 1. The van der Waals surface area contributed by atoms with Gasteiger partial charge in [0, 0.05) is 31.7 Å². The highest BCUT2D eigenvalue weighted by Gasteiger charge is 2.26. The molecule has 0 saturated carbocycles. The first kappa shape index (κ1) is 17.7. The highest BCUT2D eigenvalue weighted by Crippen LogP contribution is 2.24. The minimum Gasteiger partial charge on any atom is -0.444 e. The Bertz CT molecular complexity index is 501. The summed E-state index contributed by atoms with van der Waals surface area (Å²) in [5, 5.41) is 2.89. The largest absolute Gasteiger partial charge is 0.444 e. The first-order valence-corrected chi connectivity index (χ1v) is 8.32. The van der Waals surface area contributed by atoms with Crippen LogP contribution in [0.25, 0.3) is 0 Å². The van der Waals surface area contributed by atoms with E-state index >= 15 is 0 Å². The van der Waals surface area contributed by atoms with Crippen molar-refractivity contribution in [3.63, 3.8) is 0 Å². The minimum absolute atomic E-state index is 0.244. The quantitative estimate of drug-likeness (QED) is 0.924. The van der Waals surface area contributed by atoms with Gasteiger partial charge in [0.25, 0.3) is 0 Å². The van der Waals surface area contributed by atoms with Crippen LogP contribution >= 0.6 is 0 Å². The number of nitrogens with zero attached hydrogens (tertiary/aromatic N) is 3. The number of nitrogens with one attached hydrogen (secondary N) is 1. The van der Waals surface area contributed by atoms with Crippen molar-refractivity contribution in [3.05, 3.63) is 24.3 Å². The van der Waals surface area contributed by atoms with E-state index in [2.05, 4.69) is 27.1 Å². The molecule has 128 valence electrons. The summed E-state index contributed by atoms with van der Waals surface area (Å²) in [5.74, 6) is 0.440. The van der Waals surface area contributed by atoms with E-state index in [0.29, 0.717) is 12.5 Å². The number of amides is 1. The van der Waals surface area contributed by atoms with E-state index in [4.69, 9.17) is 4.74 Å². The predicted octanol–water partition coefficient (Wildman–Crippen LogP) is 2.77. The molecule has 1 aliphatic heterocycles. The van der Waals surface area contributed by atoms with E-state index in [1.807, 2.05) is 27.0 Å². The molecule has 1 aromatic rings. The van der Waals surface area contributed by atoms with Crippen molar-refractivity contribution < 1.29 is 9.53 Å². The molecule has 23 heavy (non-hydrogen) atoms. The Labute approximate surface area is 138 Å². The Balaban J connectivity index is 1.83. The van der Waals surface area contributed by atoms with Crippen molar-refractivity contribution in [3.8, 4) is 0 Å². The molecular weight excluding hydrogens is 292 g/mol. The van der Waals surface area contributed by atoms with Gasteiger partial charge >= 0.3 is 6.09 Å². The summed E-state index contributed by atoms with van der Waals surface area (Å²) in [7, 11) is 0. The number of hydrogen-bond acceptors (Lipinski definition) is 5. The van der Waals surface area contributed by atoms with Crippen LogP contribution in [0.5, 0.6) is 0 Å². The lowest BCUT2D eigenvalue weighted by atomic mass is 9.96. The number of rotatable bonds is 4. The molecule has 1 N–H and O–H groups in total. The Morgan fingerprint density at radius 3 is 2.91 bits per heavy atom. The molecule has 2 heterocycles. The number of alkyl carbamates (subject to hydrolysis) is 1. The van der Waals surface area contributed by atoms with Crippen molar-refractivity contribution in [2.45, 2.75) is 52.2 Å². The summed E-state index contributed by atoms with van der Waals surface area (Å²) < 4.78 is 5.29. The van der Waals surface area contributed by atoms with Crippen LogP contribution in [0.1, 0.15) is 52.3 Å². The van der Waals surface area contributed by atoms with Crippen LogP contribution in [0, 0.1) is 5.92 Å². The molecule has 0 radical (unpaired) electrons. The van der Waals surface area contributed by atoms with Crippen molar-refractivity contribution in [2.75, 3.05) is 19.6 Å². The fourth-order valence-electron chi connectivity index (χ4n) is 2.87. The summed E-state index contributed by atoms with van der Waals surface area (Å²) in [5.41, 5.74) is 0.539. The van der Waals surface area contributed by atoms with Crippen LogP contribution in [-0.4, -0.2) is 46.2 Å². The van der Waals surface area contributed by atoms with Gasteiger partial charge in [-0.05, 0) is 53.0 Å². The maximum Gasteiger partial charge on any atom is 0.407 e. The average molecular weight is 320 g/mol. The first-order chi connectivity index (χ1) is 10.8. The van der Waals surface area contributed by atoms with Crippen LogP contribution < -0.4 is 5.32 Å². The second-order valence-corrected chi connectivity index (χ2v) is 7.19. The Morgan fingerprint density at radius 1 is 1.48 bits per heavy atom. The van der Waals surface area contributed by atoms with E-state index < -0.39 is 5.60 Å². The van der Waals surface area contributed by atoms with Crippen LogP contribution in [0.4, 0.5) is 4.79 Å². The molecule has 1 aromatic heterocycles. The molecule has 6 heteroatoms. The van der Waals surface area contributed by atoms with E-state index in [-0.39, 0.29) is 12.1 Å². The maximum absolute atomic E-state index is 11.8. The smallest absolute Gasteiger partial charge is 0.407 e. The monoisotopic (exact) mass is 320 g/mol. The van der Waals surface area contributed by atoms with Crippen molar-refractivity contribution in [1.29, 1.82) is 0 Å². The van der Waals surface area contributed by atoms with Crippen molar-refractivity contribution in [2.24, 2.45) is 5.92 Å². The van der Waals surface area contributed by atoms with E-state index in [1.165, 1.54) is 0 Å². The predicted molar refractivity (Wildman–Crippen MR) is 89.0 cm³/mol. The van der Waals surface area contributed by atoms with Gasteiger partial charge in [-0.25, -0.2) is 4.79 Å². The summed E-state index contributed by atoms with van der Waals surface area (Å²) >= 11 is 0. The number of hydrogen-bond donors (Lipinski definition) is 1. The van der Waals surface area contributed by atoms with Gasteiger partial charge in [-0.2, -0.15) is 0 Å². The Morgan fingerprint density at radius 2 is 2.26 bits per heavy atom. The van der Waals surface area contributed by atoms with Gasteiger partial charge in [0.1, 0.15) is 5.60 Å². The Kier molecular flexibility index (Phi) is 5.93. The Hall–Kier alpha value is -1.69. The molecule has 0 aliphatic carbocycles. The summed E-state index contributed by atoms with van der Waals surface area (Å²) in [6.07, 6.45) is 7.17.